The molecule has 6 heteroatoms. The van der Waals surface area contributed by atoms with Crippen LogP contribution < -0.4 is 0 Å². The SMILES string of the molecule is Cn1ccc2cc(-n3cc4ccc(C(F)(F)F)cc4c3O)ccc21. The van der Waals surface area contributed by atoms with Gasteiger partial charge in [-0.05, 0) is 36.4 Å². The molecule has 0 unspecified atom stereocenters. The number of fused-ring (bicyclic) bond motifs is 2. The lowest BCUT2D eigenvalue weighted by Gasteiger charge is -2.07. The van der Waals surface area contributed by atoms with E-state index in [-0.39, 0.29) is 11.3 Å². The number of rotatable bonds is 1. The molecule has 0 aliphatic rings. The molecular weight excluding hydrogens is 317 g/mol. The molecule has 0 aliphatic heterocycles. The first kappa shape index (κ1) is 14.7. The number of alkyl halides is 3. The predicted octanol–water partition coefficient (Wildman–Crippen LogP) is 4.85. The second-order valence-electron chi connectivity index (χ2n) is 5.79. The quantitative estimate of drug-likeness (QED) is 0.531. The van der Waals surface area contributed by atoms with Gasteiger partial charge in [-0.25, -0.2) is 0 Å². The highest BCUT2D eigenvalue weighted by Crippen LogP contribution is 2.36. The summed E-state index contributed by atoms with van der Waals surface area (Å²) in [6.07, 6.45) is -0.878. The van der Waals surface area contributed by atoms with Crippen molar-refractivity contribution in [2.75, 3.05) is 0 Å². The Morgan fingerprint density at radius 3 is 2.50 bits per heavy atom. The molecule has 1 N–H and O–H groups in total. The van der Waals surface area contributed by atoms with Crippen LogP contribution in [-0.4, -0.2) is 14.2 Å². The molecule has 0 aliphatic carbocycles. The van der Waals surface area contributed by atoms with E-state index in [1.807, 2.05) is 42.1 Å². The third kappa shape index (κ3) is 2.14. The van der Waals surface area contributed by atoms with Crippen LogP contribution in [0.5, 0.6) is 5.88 Å². The summed E-state index contributed by atoms with van der Waals surface area (Å²) in [4.78, 5) is 0. The fraction of sp³-hybridized carbons (Fsp3) is 0.111. The molecule has 122 valence electrons. The minimum atomic E-state index is -4.44. The van der Waals surface area contributed by atoms with Crippen molar-refractivity contribution in [3.63, 3.8) is 0 Å². The molecule has 0 amide bonds. The van der Waals surface area contributed by atoms with Gasteiger partial charge in [0.05, 0.1) is 5.56 Å². The minimum Gasteiger partial charge on any atom is -0.494 e. The van der Waals surface area contributed by atoms with Crippen molar-refractivity contribution in [2.45, 2.75) is 6.18 Å². The maximum Gasteiger partial charge on any atom is 0.416 e. The third-order valence-corrected chi connectivity index (χ3v) is 4.26. The smallest absolute Gasteiger partial charge is 0.416 e. The maximum atomic E-state index is 12.9. The van der Waals surface area contributed by atoms with E-state index in [9.17, 15) is 18.3 Å². The van der Waals surface area contributed by atoms with E-state index in [0.717, 1.165) is 23.0 Å². The fourth-order valence-corrected chi connectivity index (χ4v) is 2.98. The number of benzene rings is 2. The number of nitrogens with zero attached hydrogens (tertiary/aromatic N) is 2. The van der Waals surface area contributed by atoms with Crippen molar-refractivity contribution < 1.29 is 18.3 Å². The van der Waals surface area contributed by atoms with Gasteiger partial charge in [0.1, 0.15) is 0 Å². The van der Waals surface area contributed by atoms with Gasteiger partial charge in [-0.15, -0.1) is 0 Å². The van der Waals surface area contributed by atoms with E-state index in [0.29, 0.717) is 11.1 Å². The molecule has 0 bridgehead atoms. The van der Waals surface area contributed by atoms with E-state index in [4.69, 9.17) is 0 Å². The van der Waals surface area contributed by atoms with Gasteiger partial charge in [0.2, 0.25) is 5.88 Å². The number of aryl methyl sites for hydroxylation is 1. The molecule has 24 heavy (non-hydrogen) atoms. The summed E-state index contributed by atoms with van der Waals surface area (Å²) in [5.41, 5.74) is 0.951. The normalized spacial score (nSPS) is 12.3. The first-order valence-electron chi connectivity index (χ1n) is 7.31. The molecular formula is C18H13F3N2O. The zero-order valence-corrected chi connectivity index (χ0v) is 12.7. The van der Waals surface area contributed by atoms with Crippen LogP contribution in [0.25, 0.3) is 27.4 Å². The highest BCUT2D eigenvalue weighted by Gasteiger charge is 2.31. The Morgan fingerprint density at radius 1 is 0.958 bits per heavy atom. The Balaban J connectivity index is 1.90. The number of hydrogen-bond donors (Lipinski definition) is 1. The highest BCUT2D eigenvalue weighted by molar-refractivity contribution is 5.90. The standard InChI is InChI=1S/C18H13F3N2O/c1-22-7-6-11-8-14(4-5-16(11)22)23-10-12-2-3-13(18(19,20)21)9-15(12)17(23)24/h2-10,24H,1H3. The first-order chi connectivity index (χ1) is 11.3. The van der Waals surface area contributed by atoms with Gasteiger partial charge < -0.3 is 9.67 Å². The maximum absolute atomic E-state index is 12.9. The predicted molar refractivity (Wildman–Crippen MR) is 86.4 cm³/mol. The van der Waals surface area contributed by atoms with Crippen LogP contribution in [0.15, 0.2) is 54.9 Å². The van der Waals surface area contributed by atoms with Crippen LogP contribution in [-0.2, 0) is 13.2 Å². The molecule has 0 spiro atoms. The summed E-state index contributed by atoms with van der Waals surface area (Å²) in [5.74, 6) is -0.202. The minimum absolute atomic E-state index is 0.179. The van der Waals surface area contributed by atoms with E-state index >= 15 is 0 Å². The summed E-state index contributed by atoms with van der Waals surface area (Å²) < 4.78 is 42.1. The van der Waals surface area contributed by atoms with Crippen molar-refractivity contribution >= 4 is 21.7 Å². The van der Waals surface area contributed by atoms with Crippen LogP contribution in [0.4, 0.5) is 13.2 Å². The lowest BCUT2D eigenvalue weighted by molar-refractivity contribution is -0.137. The molecule has 3 nitrogen and oxygen atoms in total. The van der Waals surface area contributed by atoms with Gasteiger partial charge in [-0.3, -0.25) is 4.57 Å². The third-order valence-electron chi connectivity index (χ3n) is 4.26. The van der Waals surface area contributed by atoms with E-state index in [2.05, 4.69) is 0 Å². The van der Waals surface area contributed by atoms with Crippen molar-refractivity contribution in [3.8, 4) is 11.6 Å². The van der Waals surface area contributed by atoms with Gasteiger partial charge >= 0.3 is 6.18 Å². The zero-order chi connectivity index (χ0) is 17.1. The Labute approximate surface area is 135 Å². The lowest BCUT2D eigenvalue weighted by Crippen LogP contribution is -2.03. The average Bonchev–Trinajstić information content (AvgIpc) is 3.07. The van der Waals surface area contributed by atoms with Gasteiger partial charge in [0, 0.05) is 46.8 Å². The topological polar surface area (TPSA) is 30.1 Å². The van der Waals surface area contributed by atoms with Crippen molar-refractivity contribution in [2.24, 2.45) is 7.05 Å². The van der Waals surface area contributed by atoms with Crippen LogP contribution in [0.1, 0.15) is 5.56 Å². The molecule has 0 fully saturated rings. The summed E-state index contributed by atoms with van der Waals surface area (Å²) in [5, 5.41) is 12.1. The molecule has 0 saturated carbocycles. The first-order valence-corrected chi connectivity index (χ1v) is 7.31. The average molecular weight is 330 g/mol. The summed E-state index contributed by atoms with van der Waals surface area (Å²) in [6, 6.07) is 10.9. The van der Waals surface area contributed by atoms with Crippen molar-refractivity contribution in [1.82, 2.24) is 9.13 Å². The number of aromatic hydroxyl groups is 1. The van der Waals surface area contributed by atoms with Gasteiger partial charge in [-0.2, -0.15) is 13.2 Å². The Kier molecular flexibility index (Phi) is 2.94. The second-order valence-corrected chi connectivity index (χ2v) is 5.79. The molecule has 2 aromatic carbocycles. The van der Waals surface area contributed by atoms with Crippen LogP contribution in [0, 0.1) is 0 Å². The molecule has 4 rings (SSSR count). The molecule has 0 atom stereocenters. The monoisotopic (exact) mass is 330 g/mol. The Morgan fingerprint density at radius 2 is 1.75 bits per heavy atom. The van der Waals surface area contributed by atoms with E-state index < -0.39 is 11.7 Å². The molecule has 0 radical (unpaired) electrons. The fourth-order valence-electron chi connectivity index (χ4n) is 2.98. The molecule has 2 aromatic heterocycles. The summed E-state index contributed by atoms with van der Waals surface area (Å²) in [7, 11) is 1.93. The summed E-state index contributed by atoms with van der Waals surface area (Å²) in [6.45, 7) is 0. The largest absolute Gasteiger partial charge is 0.494 e. The Bertz CT molecular complexity index is 1070. The number of aromatic nitrogens is 2. The number of hydrogen-bond acceptors (Lipinski definition) is 1. The van der Waals surface area contributed by atoms with Gasteiger partial charge in [0.15, 0.2) is 0 Å². The Hall–Kier alpha value is -2.89. The summed E-state index contributed by atoms with van der Waals surface area (Å²) >= 11 is 0. The second kappa shape index (κ2) is 4.80. The van der Waals surface area contributed by atoms with Crippen LogP contribution in [0.3, 0.4) is 0 Å². The van der Waals surface area contributed by atoms with Crippen molar-refractivity contribution in [3.05, 3.63) is 60.4 Å². The molecule has 4 aromatic rings. The van der Waals surface area contributed by atoms with Crippen LogP contribution in [0.2, 0.25) is 0 Å². The van der Waals surface area contributed by atoms with Crippen molar-refractivity contribution in [1.29, 1.82) is 0 Å². The van der Waals surface area contributed by atoms with Gasteiger partial charge in [-0.1, -0.05) is 6.07 Å². The molecule has 0 saturated heterocycles. The molecule has 2 heterocycles. The highest BCUT2D eigenvalue weighted by atomic mass is 19.4. The van der Waals surface area contributed by atoms with E-state index in [1.165, 1.54) is 10.6 Å². The lowest BCUT2D eigenvalue weighted by atomic mass is 10.1. The van der Waals surface area contributed by atoms with Gasteiger partial charge in [0.25, 0.3) is 0 Å². The van der Waals surface area contributed by atoms with Crippen LogP contribution >= 0.6 is 0 Å². The zero-order valence-electron chi connectivity index (χ0n) is 12.7. The van der Waals surface area contributed by atoms with E-state index in [1.54, 1.807) is 6.20 Å². The number of halogens is 3.